The number of aromatic nitrogens is 2. The molecule has 6 heteroatoms. The predicted octanol–water partition coefficient (Wildman–Crippen LogP) is 2.11. The van der Waals surface area contributed by atoms with Gasteiger partial charge in [-0.15, -0.1) is 0 Å². The summed E-state index contributed by atoms with van der Waals surface area (Å²) in [6.45, 7) is 3.54. The van der Waals surface area contributed by atoms with Crippen molar-refractivity contribution < 1.29 is 19.7 Å². The van der Waals surface area contributed by atoms with Crippen LogP contribution in [0, 0.1) is 0 Å². The smallest absolute Gasteiger partial charge is 0.342 e. The summed E-state index contributed by atoms with van der Waals surface area (Å²) in [6, 6.07) is 9.14. The molecule has 0 saturated carbocycles. The summed E-state index contributed by atoms with van der Waals surface area (Å²) in [4.78, 5) is 11.2. The minimum atomic E-state index is -1.10. The zero-order valence-corrected chi connectivity index (χ0v) is 12.0. The molecule has 2 aromatic rings. The number of nitrogens with zero attached hydrogens (tertiary/aromatic N) is 2. The number of ether oxygens (including phenoxy) is 1. The quantitative estimate of drug-likeness (QED) is 0.851. The molecular formula is C15H18N2O4. The number of hydrogen-bond donors (Lipinski definition) is 2. The molecular weight excluding hydrogens is 272 g/mol. The van der Waals surface area contributed by atoms with Gasteiger partial charge in [0.25, 0.3) is 0 Å². The second-order valence-corrected chi connectivity index (χ2v) is 5.33. The Kier molecular flexibility index (Phi) is 4.28. The van der Waals surface area contributed by atoms with Crippen LogP contribution in [0.15, 0.2) is 36.5 Å². The van der Waals surface area contributed by atoms with E-state index in [2.05, 4.69) is 5.10 Å². The van der Waals surface area contributed by atoms with Crippen molar-refractivity contribution in [1.82, 2.24) is 9.78 Å². The molecule has 0 spiro atoms. The van der Waals surface area contributed by atoms with E-state index < -0.39 is 11.6 Å². The fourth-order valence-electron chi connectivity index (χ4n) is 1.77. The zero-order chi connectivity index (χ0) is 15.5. The monoisotopic (exact) mass is 290 g/mol. The van der Waals surface area contributed by atoms with Crippen molar-refractivity contribution in [2.24, 2.45) is 0 Å². The molecule has 0 aliphatic carbocycles. The molecule has 1 aromatic heterocycles. The molecule has 6 nitrogen and oxygen atoms in total. The van der Waals surface area contributed by atoms with Gasteiger partial charge in [-0.25, -0.2) is 9.48 Å². The van der Waals surface area contributed by atoms with Crippen LogP contribution in [0.5, 0.6) is 5.88 Å². The molecule has 0 atom stereocenters. The van der Waals surface area contributed by atoms with Crippen molar-refractivity contribution >= 4 is 5.97 Å². The summed E-state index contributed by atoms with van der Waals surface area (Å²) >= 11 is 0. The molecule has 1 heterocycles. The molecule has 0 unspecified atom stereocenters. The first-order valence-electron chi connectivity index (χ1n) is 6.60. The molecule has 0 radical (unpaired) electrons. The summed E-state index contributed by atoms with van der Waals surface area (Å²) in [6.07, 6.45) is 1.64. The Morgan fingerprint density at radius 1 is 1.33 bits per heavy atom. The fraction of sp³-hybridized carbons (Fsp3) is 0.333. The summed E-state index contributed by atoms with van der Waals surface area (Å²) in [5, 5.41) is 23.0. The van der Waals surface area contributed by atoms with Crippen molar-refractivity contribution in [2.75, 3.05) is 6.61 Å². The summed E-state index contributed by atoms with van der Waals surface area (Å²) in [5.74, 6) is -0.937. The van der Waals surface area contributed by atoms with Crippen LogP contribution in [-0.4, -0.2) is 38.2 Å². The average molecular weight is 290 g/mol. The lowest BCUT2D eigenvalue weighted by molar-refractivity contribution is 0.0537. The highest BCUT2D eigenvalue weighted by Crippen LogP contribution is 2.23. The lowest BCUT2D eigenvalue weighted by Crippen LogP contribution is -2.22. The molecule has 0 aliphatic rings. The molecule has 0 bridgehead atoms. The van der Waals surface area contributed by atoms with Crippen LogP contribution in [0.2, 0.25) is 0 Å². The Hall–Kier alpha value is -2.34. The minimum absolute atomic E-state index is 0.00500. The van der Waals surface area contributed by atoms with Crippen molar-refractivity contribution in [2.45, 2.75) is 25.9 Å². The van der Waals surface area contributed by atoms with Gasteiger partial charge in [0.2, 0.25) is 5.88 Å². The van der Waals surface area contributed by atoms with Gasteiger partial charge in [0.05, 0.1) is 24.1 Å². The third kappa shape index (κ3) is 3.82. The molecule has 0 fully saturated rings. The van der Waals surface area contributed by atoms with Gasteiger partial charge in [-0.1, -0.05) is 18.2 Å². The SMILES string of the molecule is CC(C)(O)CCOc1c(C(=O)O)cnn1-c1ccccc1. The van der Waals surface area contributed by atoms with Crippen LogP contribution < -0.4 is 4.74 Å². The van der Waals surface area contributed by atoms with Gasteiger partial charge in [0.15, 0.2) is 0 Å². The summed E-state index contributed by atoms with van der Waals surface area (Å²) < 4.78 is 7.00. The fourth-order valence-corrected chi connectivity index (χ4v) is 1.77. The van der Waals surface area contributed by atoms with Crippen LogP contribution >= 0.6 is 0 Å². The number of carboxylic acids is 1. The van der Waals surface area contributed by atoms with Gasteiger partial charge in [-0.2, -0.15) is 5.10 Å². The van der Waals surface area contributed by atoms with Gasteiger partial charge in [-0.05, 0) is 26.0 Å². The topological polar surface area (TPSA) is 84.6 Å². The van der Waals surface area contributed by atoms with Crippen molar-refractivity contribution in [3.8, 4) is 11.6 Å². The molecule has 21 heavy (non-hydrogen) atoms. The maximum atomic E-state index is 11.2. The predicted molar refractivity (Wildman–Crippen MR) is 76.9 cm³/mol. The van der Waals surface area contributed by atoms with Gasteiger partial charge >= 0.3 is 5.97 Å². The largest absolute Gasteiger partial charge is 0.477 e. The highest BCUT2D eigenvalue weighted by atomic mass is 16.5. The minimum Gasteiger partial charge on any atom is -0.477 e. The maximum absolute atomic E-state index is 11.2. The second-order valence-electron chi connectivity index (χ2n) is 5.33. The number of aliphatic hydroxyl groups is 1. The summed E-state index contributed by atoms with van der Waals surface area (Å²) in [5.41, 5.74) is -0.168. The second kappa shape index (κ2) is 5.97. The highest BCUT2D eigenvalue weighted by Gasteiger charge is 2.20. The Balaban J connectivity index is 2.28. The van der Waals surface area contributed by atoms with Crippen LogP contribution in [0.3, 0.4) is 0 Å². The van der Waals surface area contributed by atoms with Crippen molar-refractivity contribution in [1.29, 1.82) is 0 Å². The van der Waals surface area contributed by atoms with Crippen molar-refractivity contribution in [3.05, 3.63) is 42.1 Å². The zero-order valence-electron chi connectivity index (χ0n) is 12.0. The van der Waals surface area contributed by atoms with E-state index in [4.69, 9.17) is 4.74 Å². The van der Waals surface area contributed by atoms with Crippen molar-refractivity contribution in [3.63, 3.8) is 0 Å². The van der Waals surface area contributed by atoms with E-state index in [1.165, 1.54) is 10.9 Å². The van der Waals surface area contributed by atoms with E-state index in [0.29, 0.717) is 12.1 Å². The highest BCUT2D eigenvalue weighted by molar-refractivity contribution is 5.90. The first-order valence-corrected chi connectivity index (χ1v) is 6.60. The van der Waals surface area contributed by atoms with Crippen LogP contribution in [-0.2, 0) is 0 Å². The van der Waals surface area contributed by atoms with E-state index in [1.807, 2.05) is 30.3 Å². The lowest BCUT2D eigenvalue weighted by Gasteiger charge is -2.17. The van der Waals surface area contributed by atoms with Crippen LogP contribution in [0.1, 0.15) is 30.6 Å². The normalized spacial score (nSPS) is 11.4. The molecule has 2 rings (SSSR count). The average Bonchev–Trinajstić information content (AvgIpc) is 2.82. The van der Waals surface area contributed by atoms with Gasteiger partial charge in [0, 0.05) is 6.42 Å². The lowest BCUT2D eigenvalue weighted by atomic mass is 10.1. The molecule has 0 saturated heterocycles. The molecule has 0 aliphatic heterocycles. The molecule has 0 amide bonds. The third-order valence-electron chi connectivity index (χ3n) is 2.91. The van der Waals surface area contributed by atoms with Crippen LogP contribution in [0.4, 0.5) is 0 Å². The number of rotatable bonds is 6. The Morgan fingerprint density at radius 3 is 2.57 bits per heavy atom. The first-order chi connectivity index (χ1) is 9.88. The third-order valence-corrected chi connectivity index (χ3v) is 2.91. The molecule has 112 valence electrons. The van der Waals surface area contributed by atoms with Crippen LogP contribution in [0.25, 0.3) is 5.69 Å². The maximum Gasteiger partial charge on any atom is 0.342 e. The summed E-state index contributed by atoms with van der Waals surface area (Å²) in [7, 11) is 0. The van der Waals surface area contributed by atoms with E-state index in [9.17, 15) is 15.0 Å². The van der Waals surface area contributed by atoms with E-state index in [1.54, 1.807) is 13.8 Å². The Bertz CT molecular complexity index is 614. The van der Waals surface area contributed by atoms with E-state index in [0.717, 1.165) is 0 Å². The molecule has 2 N–H and O–H groups in total. The first kappa shape index (κ1) is 15.1. The number of carbonyl (C=O) groups is 1. The Morgan fingerprint density at radius 2 is 2.00 bits per heavy atom. The number of hydrogen-bond acceptors (Lipinski definition) is 4. The molecule has 1 aromatic carbocycles. The standard InChI is InChI=1S/C15H18N2O4/c1-15(2,20)8-9-21-13-12(14(18)19)10-16-17(13)11-6-4-3-5-7-11/h3-7,10,20H,8-9H2,1-2H3,(H,18,19). The number of carboxylic acid groups (broad SMARTS) is 1. The van der Waals surface area contributed by atoms with E-state index >= 15 is 0 Å². The van der Waals surface area contributed by atoms with Gasteiger partial charge < -0.3 is 14.9 Å². The number of para-hydroxylation sites is 1. The van der Waals surface area contributed by atoms with Gasteiger partial charge in [0.1, 0.15) is 5.56 Å². The van der Waals surface area contributed by atoms with E-state index in [-0.39, 0.29) is 18.1 Å². The Labute approximate surface area is 122 Å². The number of aromatic carboxylic acids is 1. The van der Waals surface area contributed by atoms with Gasteiger partial charge in [-0.3, -0.25) is 0 Å². The number of benzene rings is 1.